The van der Waals surface area contributed by atoms with Gasteiger partial charge in [0.1, 0.15) is 0 Å². The van der Waals surface area contributed by atoms with E-state index in [2.05, 4.69) is 4.74 Å². The average Bonchev–Trinajstić information content (AvgIpc) is 1.97. The Hall–Kier alpha value is -0.720. The van der Waals surface area contributed by atoms with Gasteiger partial charge in [0.2, 0.25) is 0 Å². The number of alkyl halides is 2. The summed E-state index contributed by atoms with van der Waals surface area (Å²) in [6, 6.07) is 0. The van der Waals surface area contributed by atoms with E-state index in [0.29, 0.717) is 0 Å². The summed E-state index contributed by atoms with van der Waals surface area (Å²) in [5, 5.41) is -8.75. The summed E-state index contributed by atoms with van der Waals surface area (Å²) in [5.41, 5.74) is 0. The van der Waals surface area contributed by atoms with Crippen LogP contribution in [0.3, 0.4) is 0 Å². The van der Waals surface area contributed by atoms with E-state index in [0.717, 1.165) is 0 Å². The molecule has 0 spiro atoms. The second-order valence-electron chi connectivity index (χ2n) is 1.65. The maximum atomic E-state index is 11.5. The van der Waals surface area contributed by atoms with Gasteiger partial charge in [-0.1, -0.05) is 26.9 Å². The van der Waals surface area contributed by atoms with Crippen LogP contribution in [0.1, 0.15) is 0 Å². The number of ether oxygens (including phenoxy) is 1. The van der Waals surface area contributed by atoms with Crippen molar-refractivity contribution in [2.24, 2.45) is 0 Å². The van der Waals surface area contributed by atoms with Gasteiger partial charge >= 0.3 is 12.6 Å². The van der Waals surface area contributed by atoms with Gasteiger partial charge in [-0.2, -0.15) is 8.78 Å². The summed E-state index contributed by atoms with van der Waals surface area (Å²) >= 11 is 0. The van der Waals surface area contributed by atoms with Crippen LogP contribution in [0.15, 0.2) is 0 Å². The van der Waals surface area contributed by atoms with Crippen LogP contribution in [0.2, 0.25) is 0 Å². The van der Waals surface area contributed by atoms with Gasteiger partial charge in [-0.25, -0.2) is 0 Å². The van der Waals surface area contributed by atoms with Crippen molar-refractivity contribution in [1.82, 2.24) is 16.0 Å². The summed E-state index contributed by atoms with van der Waals surface area (Å²) in [6.45, 7) is -4.26. The zero-order valence-electron chi connectivity index (χ0n) is 5.85. The lowest BCUT2D eigenvalue weighted by atomic mass is 10.8. The summed E-state index contributed by atoms with van der Waals surface area (Å²) < 4.78 is 94.3. The van der Waals surface area contributed by atoms with Gasteiger partial charge < -0.3 is 0 Å². The molecule has 0 radical (unpaired) electrons. The second kappa shape index (κ2) is 4.68. The van der Waals surface area contributed by atoms with Crippen LogP contribution in [0.25, 0.3) is 0 Å². The summed E-state index contributed by atoms with van der Waals surface area (Å²) in [4.78, 5) is 0. The molecule has 0 aliphatic rings. The summed E-state index contributed by atoms with van der Waals surface area (Å²) in [6.07, 6.45) is 0. The van der Waals surface area contributed by atoms with E-state index in [-0.39, 0.29) is 0 Å². The molecule has 0 aromatic rings. The minimum Gasteiger partial charge on any atom is -0.261 e. The monoisotopic (exact) mass is 235 g/mol. The topological polar surface area (TPSA) is 19.0 Å². The molecule has 86 valence electrons. The van der Waals surface area contributed by atoms with Crippen molar-refractivity contribution in [3.05, 3.63) is 0 Å². The molecule has 0 fully saturated rings. The minimum atomic E-state index is -5.23. The lowest BCUT2D eigenvalue weighted by Gasteiger charge is -2.30. The third kappa shape index (κ3) is 2.40. The normalized spacial score (nSPS) is 13.7. The van der Waals surface area contributed by atoms with Crippen LogP contribution in [-0.4, -0.2) is 28.6 Å². The lowest BCUT2D eigenvalue weighted by Crippen LogP contribution is -2.59. The molecule has 0 rings (SSSR count). The van der Waals surface area contributed by atoms with Crippen molar-refractivity contribution in [2.45, 2.75) is 12.6 Å². The van der Waals surface area contributed by atoms with Crippen LogP contribution in [0, 0.1) is 0 Å². The van der Waals surface area contributed by atoms with E-state index in [1.807, 2.05) is 0 Å². The maximum Gasteiger partial charge on any atom is 0.414 e. The van der Waals surface area contributed by atoms with E-state index in [4.69, 9.17) is 0 Å². The zero-order valence-corrected chi connectivity index (χ0v) is 5.85. The highest BCUT2D eigenvalue weighted by molar-refractivity contribution is 4.54. The SMILES string of the molecule is FC(F)OC(N(F)F)(N(F)F)N(F)F. The Bertz CT molecular complexity index is 152. The third-order valence-electron chi connectivity index (χ3n) is 0.908. The molecule has 0 saturated heterocycles. The molecule has 0 bridgehead atoms. The van der Waals surface area contributed by atoms with Crippen molar-refractivity contribution in [3.63, 3.8) is 0 Å². The Balaban J connectivity index is 4.95. The van der Waals surface area contributed by atoms with E-state index in [1.54, 1.807) is 0 Å². The summed E-state index contributed by atoms with van der Waals surface area (Å²) in [7, 11) is 0. The lowest BCUT2D eigenvalue weighted by molar-refractivity contribution is -0.571. The molecule has 0 aromatic heterocycles. The van der Waals surface area contributed by atoms with Crippen molar-refractivity contribution < 1.29 is 40.4 Å². The molecular formula is C2HF8N3O. The molecular weight excluding hydrogens is 234 g/mol. The predicted octanol–water partition coefficient (Wildman–Crippen LogP) is 2.05. The fourth-order valence-electron chi connectivity index (χ4n) is 0.410. The molecule has 0 amide bonds. The number of hydrogen-bond donors (Lipinski definition) is 0. The fourth-order valence-corrected chi connectivity index (χ4v) is 0.410. The number of halogens is 8. The quantitative estimate of drug-likeness (QED) is 0.412. The highest BCUT2D eigenvalue weighted by Gasteiger charge is 2.59. The molecule has 4 nitrogen and oxygen atoms in total. The zero-order chi connectivity index (χ0) is 11.5. The van der Waals surface area contributed by atoms with Crippen molar-refractivity contribution in [3.8, 4) is 0 Å². The van der Waals surface area contributed by atoms with Crippen LogP contribution < -0.4 is 0 Å². The number of rotatable bonds is 5. The van der Waals surface area contributed by atoms with E-state index in [9.17, 15) is 35.7 Å². The Morgan fingerprint density at radius 3 is 1.14 bits per heavy atom. The van der Waals surface area contributed by atoms with Gasteiger partial charge in [0, 0.05) is 0 Å². The van der Waals surface area contributed by atoms with Gasteiger partial charge in [-0.3, -0.25) is 4.74 Å². The van der Waals surface area contributed by atoms with E-state index in [1.165, 1.54) is 0 Å². The molecule has 0 heterocycles. The first-order valence-corrected chi connectivity index (χ1v) is 2.56. The molecule has 0 aliphatic carbocycles. The van der Waals surface area contributed by atoms with Crippen LogP contribution >= 0.6 is 0 Å². The third-order valence-corrected chi connectivity index (χ3v) is 0.908. The van der Waals surface area contributed by atoms with Gasteiger partial charge in [0.15, 0.2) is 0 Å². The first-order valence-electron chi connectivity index (χ1n) is 2.56. The Morgan fingerprint density at radius 1 is 0.786 bits per heavy atom. The smallest absolute Gasteiger partial charge is 0.261 e. The van der Waals surface area contributed by atoms with Crippen LogP contribution in [0.4, 0.5) is 35.7 Å². The first-order chi connectivity index (χ1) is 6.25. The fraction of sp³-hybridized carbons (Fsp3) is 1.00. The molecule has 12 heteroatoms. The first kappa shape index (κ1) is 13.3. The van der Waals surface area contributed by atoms with Gasteiger partial charge in [0.25, 0.3) is 0 Å². The van der Waals surface area contributed by atoms with Crippen LogP contribution in [-0.2, 0) is 4.74 Å². The second-order valence-corrected chi connectivity index (χ2v) is 1.65. The highest BCUT2D eigenvalue weighted by Crippen LogP contribution is 2.31. The Morgan fingerprint density at radius 2 is 1.07 bits per heavy atom. The minimum absolute atomic E-state index is 2.42. The number of hydrogen-bond acceptors (Lipinski definition) is 4. The van der Waals surface area contributed by atoms with Gasteiger partial charge in [-0.15, -0.1) is 0 Å². The molecule has 0 atom stereocenters. The molecule has 0 N–H and O–H groups in total. The largest absolute Gasteiger partial charge is 0.414 e. The van der Waals surface area contributed by atoms with E-state index >= 15 is 0 Å². The van der Waals surface area contributed by atoms with E-state index < -0.39 is 28.6 Å². The predicted molar refractivity (Wildman–Crippen MR) is 22.0 cm³/mol. The summed E-state index contributed by atoms with van der Waals surface area (Å²) in [5.74, 6) is -5.23. The van der Waals surface area contributed by atoms with Crippen LogP contribution in [0.5, 0.6) is 0 Å². The van der Waals surface area contributed by atoms with Crippen molar-refractivity contribution in [2.75, 3.05) is 0 Å². The highest BCUT2D eigenvalue weighted by atomic mass is 19.4. The number of nitrogens with zero attached hydrogens (tertiary/aromatic N) is 3. The molecule has 0 unspecified atom stereocenters. The van der Waals surface area contributed by atoms with Crippen molar-refractivity contribution in [1.29, 1.82) is 0 Å². The molecule has 0 aliphatic heterocycles. The van der Waals surface area contributed by atoms with Gasteiger partial charge in [0.05, 0.1) is 16.0 Å². The standard InChI is InChI=1S/C2HF8N3O/c3-1(4)14-2(11(5)6,12(7)8)13(9)10/h1H. The molecule has 0 aromatic carbocycles. The van der Waals surface area contributed by atoms with Crippen molar-refractivity contribution >= 4 is 0 Å². The molecule has 14 heavy (non-hydrogen) atoms. The Labute approximate surface area is 70.4 Å². The average molecular weight is 235 g/mol. The maximum absolute atomic E-state index is 11.5. The Kier molecular flexibility index (Phi) is 4.44. The molecule has 0 saturated carbocycles. The van der Waals surface area contributed by atoms with Gasteiger partial charge in [-0.05, 0) is 0 Å².